The van der Waals surface area contributed by atoms with E-state index in [1.807, 2.05) is 6.92 Å². The third-order valence-electron chi connectivity index (χ3n) is 4.20. The Morgan fingerprint density at radius 2 is 2.28 bits per heavy atom. The highest BCUT2D eigenvalue weighted by atomic mass is 16.3. The highest BCUT2D eigenvalue weighted by Gasteiger charge is 2.42. The predicted molar refractivity (Wildman–Crippen MR) is 66.7 cm³/mol. The second-order valence-corrected chi connectivity index (χ2v) is 5.52. The number of carbonyl (C=O) groups excluding carboxylic acids is 2. The number of hydrogen-bond donors (Lipinski definition) is 2. The largest absolute Gasteiger partial charge is 0.396 e. The Hall–Kier alpha value is -1.10. The van der Waals surface area contributed by atoms with E-state index in [0.717, 1.165) is 19.3 Å². The molecule has 0 aromatic rings. The van der Waals surface area contributed by atoms with E-state index in [1.54, 1.807) is 4.90 Å². The fourth-order valence-corrected chi connectivity index (χ4v) is 2.60. The minimum atomic E-state index is -0.192. The monoisotopic (exact) mass is 254 g/mol. The molecule has 2 amide bonds. The van der Waals surface area contributed by atoms with Crippen LogP contribution in [0.5, 0.6) is 0 Å². The van der Waals surface area contributed by atoms with Crippen LogP contribution in [0.2, 0.25) is 0 Å². The summed E-state index contributed by atoms with van der Waals surface area (Å²) in [7, 11) is 0. The molecule has 1 aliphatic carbocycles. The Balaban J connectivity index is 1.77. The lowest BCUT2D eigenvalue weighted by Gasteiger charge is -2.17. The molecule has 0 aromatic carbocycles. The van der Waals surface area contributed by atoms with Crippen LogP contribution in [0, 0.1) is 11.3 Å². The Morgan fingerprint density at radius 1 is 1.56 bits per heavy atom. The topological polar surface area (TPSA) is 69.6 Å². The van der Waals surface area contributed by atoms with E-state index in [2.05, 4.69) is 5.32 Å². The third-order valence-corrected chi connectivity index (χ3v) is 4.20. The highest BCUT2D eigenvalue weighted by molar-refractivity contribution is 5.89. The van der Waals surface area contributed by atoms with Crippen molar-refractivity contribution in [3.8, 4) is 0 Å². The lowest BCUT2D eigenvalue weighted by atomic mass is 10.0. The summed E-state index contributed by atoms with van der Waals surface area (Å²) in [5.74, 6) is -0.125. The maximum absolute atomic E-state index is 12.0. The van der Waals surface area contributed by atoms with Crippen LogP contribution in [0.3, 0.4) is 0 Å². The fourth-order valence-electron chi connectivity index (χ4n) is 2.60. The molecule has 2 rings (SSSR count). The summed E-state index contributed by atoms with van der Waals surface area (Å²) < 4.78 is 0. The zero-order valence-electron chi connectivity index (χ0n) is 10.9. The quantitative estimate of drug-likeness (QED) is 0.708. The van der Waals surface area contributed by atoms with E-state index in [0.29, 0.717) is 26.1 Å². The van der Waals surface area contributed by atoms with Gasteiger partial charge in [-0.25, -0.2) is 0 Å². The molecule has 2 aliphatic rings. The van der Waals surface area contributed by atoms with Gasteiger partial charge < -0.3 is 15.3 Å². The molecule has 1 unspecified atom stereocenters. The Bertz CT molecular complexity index is 339. The van der Waals surface area contributed by atoms with Crippen LogP contribution in [0.4, 0.5) is 0 Å². The molecule has 1 atom stereocenters. The van der Waals surface area contributed by atoms with Crippen molar-refractivity contribution < 1.29 is 14.7 Å². The van der Waals surface area contributed by atoms with E-state index in [4.69, 9.17) is 5.11 Å². The SMILES string of the molecule is CCN1CC(C(=O)NCC2(CCO)CC2)CC1=O. The maximum Gasteiger partial charge on any atom is 0.225 e. The van der Waals surface area contributed by atoms with E-state index < -0.39 is 0 Å². The summed E-state index contributed by atoms with van der Waals surface area (Å²) in [6.07, 6.45) is 3.27. The fraction of sp³-hybridized carbons (Fsp3) is 0.846. The molecule has 5 heteroatoms. The predicted octanol–water partition coefficient (Wildman–Crippen LogP) is 0.134. The number of aliphatic hydroxyl groups is 1. The van der Waals surface area contributed by atoms with Crippen molar-refractivity contribution in [2.45, 2.75) is 32.6 Å². The van der Waals surface area contributed by atoms with Crippen LogP contribution in [0.1, 0.15) is 32.6 Å². The summed E-state index contributed by atoms with van der Waals surface area (Å²) in [5, 5.41) is 11.9. The van der Waals surface area contributed by atoms with Crippen LogP contribution in [0.25, 0.3) is 0 Å². The molecule has 0 bridgehead atoms. The number of hydrogen-bond acceptors (Lipinski definition) is 3. The zero-order chi connectivity index (χ0) is 13.2. The number of carbonyl (C=O) groups is 2. The van der Waals surface area contributed by atoms with Gasteiger partial charge in [0.2, 0.25) is 11.8 Å². The molecule has 0 aromatic heterocycles. The molecule has 2 fully saturated rings. The van der Waals surface area contributed by atoms with E-state index in [1.165, 1.54) is 0 Å². The van der Waals surface area contributed by atoms with E-state index in [9.17, 15) is 9.59 Å². The number of aliphatic hydroxyl groups excluding tert-OH is 1. The average molecular weight is 254 g/mol. The average Bonchev–Trinajstić information content (AvgIpc) is 3.01. The summed E-state index contributed by atoms with van der Waals surface area (Å²) in [5.41, 5.74) is 0.136. The third kappa shape index (κ3) is 2.83. The van der Waals surface area contributed by atoms with E-state index in [-0.39, 0.29) is 29.8 Å². The van der Waals surface area contributed by atoms with Gasteiger partial charge in [0.15, 0.2) is 0 Å². The first-order valence-electron chi connectivity index (χ1n) is 6.76. The molecular formula is C13H22N2O3. The van der Waals surface area contributed by atoms with Crippen LogP contribution in [0.15, 0.2) is 0 Å². The second kappa shape index (κ2) is 5.26. The first-order valence-corrected chi connectivity index (χ1v) is 6.76. The van der Waals surface area contributed by atoms with Gasteiger partial charge in [0.25, 0.3) is 0 Å². The maximum atomic E-state index is 12.0. The molecular weight excluding hydrogens is 232 g/mol. The first-order chi connectivity index (χ1) is 8.60. The molecule has 102 valence electrons. The molecule has 1 saturated heterocycles. The van der Waals surface area contributed by atoms with Gasteiger partial charge in [-0.3, -0.25) is 9.59 Å². The molecule has 1 saturated carbocycles. The van der Waals surface area contributed by atoms with Crippen LogP contribution < -0.4 is 5.32 Å². The zero-order valence-corrected chi connectivity index (χ0v) is 10.9. The Kier molecular flexibility index (Phi) is 3.90. The molecule has 0 radical (unpaired) electrons. The van der Waals surface area contributed by atoms with Gasteiger partial charge in [-0.1, -0.05) is 0 Å². The van der Waals surface area contributed by atoms with Gasteiger partial charge in [0.1, 0.15) is 0 Å². The summed E-state index contributed by atoms with van der Waals surface area (Å²) in [6.45, 7) is 3.98. The lowest BCUT2D eigenvalue weighted by Crippen LogP contribution is -2.36. The summed E-state index contributed by atoms with van der Waals surface area (Å²) in [6, 6.07) is 0. The van der Waals surface area contributed by atoms with Crippen molar-refractivity contribution in [2.24, 2.45) is 11.3 Å². The summed E-state index contributed by atoms with van der Waals surface area (Å²) in [4.78, 5) is 25.3. The number of rotatable bonds is 6. The minimum absolute atomic E-state index is 0.0106. The first kappa shape index (κ1) is 13.3. The van der Waals surface area contributed by atoms with Crippen molar-refractivity contribution in [3.05, 3.63) is 0 Å². The van der Waals surface area contributed by atoms with Gasteiger partial charge >= 0.3 is 0 Å². The number of nitrogens with one attached hydrogen (secondary N) is 1. The summed E-state index contributed by atoms with van der Waals surface area (Å²) >= 11 is 0. The molecule has 1 aliphatic heterocycles. The van der Waals surface area contributed by atoms with Crippen molar-refractivity contribution in [1.82, 2.24) is 10.2 Å². The molecule has 1 heterocycles. The van der Waals surface area contributed by atoms with E-state index >= 15 is 0 Å². The van der Waals surface area contributed by atoms with Gasteiger partial charge in [-0.05, 0) is 31.6 Å². The number of nitrogens with zero attached hydrogens (tertiary/aromatic N) is 1. The minimum Gasteiger partial charge on any atom is -0.396 e. The van der Waals surface area contributed by atoms with Crippen molar-refractivity contribution in [3.63, 3.8) is 0 Å². The number of likely N-dealkylation sites (tertiary alicyclic amines) is 1. The van der Waals surface area contributed by atoms with Crippen LogP contribution >= 0.6 is 0 Å². The normalized spacial score (nSPS) is 25.3. The van der Waals surface area contributed by atoms with Crippen molar-refractivity contribution in [1.29, 1.82) is 0 Å². The Morgan fingerprint density at radius 3 is 2.78 bits per heavy atom. The smallest absolute Gasteiger partial charge is 0.225 e. The number of amides is 2. The molecule has 5 nitrogen and oxygen atoms in total. The standard InChI is InChI=1S/C13H22N2O3/c1-2-15-8-10(7-11(15)17)12(18)14-9-13(3-4-13)5-6-16/h10,16H,2-9H2,1H3,(H,14,18). The highest BCUT2D eigenvalue weighted by Crippen LogP contribution is 2.47. The van der Waals surface area contributed by atoms with Crippen molar-refractivity contribution >= 4 is 11.8 Å². The van der Waals surface area contributed by atoms with Gasteiger partial charge in [0, 0.05) is 32.7 Å². The molecule has 2 N–H and O–H groups in total. The van der Waals surface area contributed by atoms with Crippen LogP contribution in [-0.4, -0.2) is 48.1 Å². The lowest BCUT2D eigenvalue weighted by molar-refractivity contribution is -0.128. The molecule has 0 spiro atoms. The van der Waals surface area contributed by atoms with Crippen molar-refractivity contribution in [2.75, 3.05) is 26.2 Å². The van der Waals surface area contributed by atoms with Gasteiger partial charge in [0.05, 0.1) is 5.92 Å². The second-order valence-electron chi connectivity index (χ2n) is 5.52. The molecule has 18 heavy (non-hydrogen) atoms. The van der Waals surface area contributed by atoms with Gasteiger partial charge in [-0.15, -0.1) is 0 Å². The van der Waals surface area contributed by atoms with Gasteiger partial charge in [-0.2, -0.15) is 0 Å². The Labute approximate surface area is 108 Å². The van der Waals surface area contributed by atoms with Crippen LogP contribution in [-0.2, 0) is 9.59 Å².